The van der Waals surface area contributed by atoms with Crippen LogP contribution in [0.2, 0.25) is 0 Å². The number of benzene rings is 1. The molecule has 0 heterocycles. The van der Waals surface area contributed by atoms with Crippen molar-refractivity contribution in [3.63, 3.8) is 0 Å². The van der Waals surface area contributed by atoms with E-state index in [9.17, 15) is 4.79 Å². The molecule has 2 aliphatic carbocycles. The monoisotopic (exact) mass is 269 g/mol. The first kappa shape index (κ1) is 13.4. The molecule has 20 heavy (non-hydrogen) atoms. The molecule has 2 bridgehead atoms. The van der Waals surface area contributed by atoms with E-state index >= 15 is 0 Å². The lowest BCUT2D eigenvalue weighted by molar-refractivity contribution is -0.120. The van der Waals surface area contributed by atoms with Crippen molar-refractivity contribution in [2.75, 3.05) is 5.32 Å². The first-order chi connectivity index (χ1) is 9.67. The predicted molar refractivity (Wildman–Crippen MR) is 82.6 cm³/mol. The van der Waals surface area contributed by atoms with Gasteiger partial charge in [-0.15, -0.1) is 0 Å². The van der Waals surface area contributed by atoms with Gasteiger partial charge in [0.15, 0.2) is 0 Å². The molecule has 2 nitrogen and oxygen atoms in total. The fourth-order valence-electron chi connectivity index (χ4n) is 3.45. The Morgan fingerprint density at radius 3 is 2.55 bits per heavy atom. The quantitative estimate of drug-likeness (QED) is 0.809. The van der Waals surface area contributed by atoms with Crippen molar-refractivity contribution in [1.82, 2.24) is 0 Å². The van der Waals surface area contributed by atoms with Crippen LogP contribution in [0.3, 0.4) is 0 Å². The van der Waals surface area contributed by atoms with Crippen molar-refractivity contribution in [2.24, 2.45) is 17.8 Å². The molecule has 0 unspecified atom stereocenters. The molecule has 0 saturated heterocycles. The van der Waals surface area contributed by atoms with Crippen LogP contribution in [0, 0.1) is 17.8 Å². The Labute approximate surface area is 121 Å². The summed E-state index contributed by atoms with van der Waals surface area (Å²) >= 11 is 0. The molecule has 0 aromatic heterocycles. The van der Waals surface area contributed by atoms with Gasteiger partial charge in [0, 0.05) is 11.6 Å². The van der Waals surface area contributed by atoms with Gasteiger partial charge in [-0.2, -0.15) is 0 Å². The van der Waals surface area contributed by atoms with Crippen LogP contribution in [0.5, 0.6) is 0 Å². The maximum atomic E-state index is 12.3. The fraction of sp³-hybridized carbons (Fsp3) is 0.500. The molecule has 0 aliphatic heterocycles. The lowest BCUT2D eigenvalue weighted by Gasteiger charge is -2.18. The maximum Gasteiger partial charge on any atom is 0.228 e. The number of hydrogen-bond donors (Lipinski definition) is 1. The first-order valence-electron chi connectivity index (χ1n) is 7.76. The van der Waals surface area contributed by atoms with E-state index in [4.69, 9.17) is 0 Å². The summed E-state index contributed by atoms with van der Waals surface area (Å²) in [5.74, 6) is 2.07. The fourth-order valence-corrected chi connectivity index (χ4v) is 3.45. The maximum absolute atomic E-state index is 12.3. The molecule has 1 aromatic rings. The van der Waals surface area contributed by atoms with Gasteiger partial charge in [-0.1, -0.05) is 38.1 Å². The average Bonchev–Trinajstić information content (AvgIpc) is 3.10. The molecule has 1 saturated carbocycles. The lowest BCUT2D eigenvalue weighted by atomic mass is 9.92. The van der Waals surface area contributed by atoms with Crippen molar-refractivity contribution < 1.29 is 4.79 Å². The first-order valence-corrected chi connectivity index (χ1v) is 7.76. The molecule has 1 amide bonds. The minimum absolute atomic E-state index is 0.180. The predicted octanol–water partition coefficient (Wildman–Crippen LogP) is 4.35. The van der Waals surface area contributed by atoms with E-state index in [2.05, 4.69) is 43.4 Å². The van der Waals surface area contributed by atoms with E-state index < -0.39 is 0 Å². The number of carbonyl (C=O) groups is 1. The molecule has 106 valence electrons. The van der Waals surface area contributed by atoms with Crippen molar-refractivity contribution in [1.29, 1.82) is 0 Å². The zero-order chi connectivity index (χ0) is 14.1. The lowest BCUT2D eigenvalue weighted by Crippen LogP contribution is -2.25. The highest BCUT2D eigenvalue weighted by molar-refractivity contribution is 5.93. The largest absolute Gasteiger partial charge is 0.326 e. The van der Waals surface area contributed by atoms with E-state index in [0.29, 0.717) is 17.8 Å². The number of fused-ring (bicyclic) bond motifs is 2. The van der Waals surface area contributed by atoms with E-state index in [1.54, 1.807) is 0 Å². The summed E-state index contributed by atoms with van der Waals surface area (Å²) in [5.41, 5.74) is 2.27. The van der Waals surface area contributed by atoms with Gasteiger partial charge in [-0.25, -0.2) is 0 Å². The van der Waals surface area contributed by atoms with Gasteiger partial charge >= 0.3 is 0 Å². The van der Waals surface area contributed by atoms with Gasteiger partial charge < -0.3 is 5.32 Å². The molecular formula is C18H23NO. The van der Waals surface area contributed by atoms with Gasteiger partial charge in [-0.3, -0.25) is 4.79 Å². The highest BCUT2D eigenvalue weighted by Gasteiger charge is 2.39. The Kier molecular flexibility index (Phi) is 3.64. The molecule has 4 atom stereocenters. The number of nitrogens with one attached hydrogen (secondary N) is 1. The van der Waals surface area contributed by atoms with Crippen LogP contribution in [-0.4, -0.2) is 5.91 Å². The van der Waals surface area contributed by atoms with Crippen molar-refractivity contribution in [3.8, 4) is 0 Å². The minimum Gasteiger partial charge on any atom is -0.326 e. The Hall–Kier alpha value is -1.57. The van der Waals surface area contributed by atoms with E-state index in [0.717, 1.165) is 18.5 Å². The van der Waals surface area contributed by atoms with Gasteiger partial charge in [-0.05, 0) is 54.7 Å². The van der Waals surface area contributed by atoms with Crippen LogP contribution in [0.25, 0.3) is 0 Å². The van der Waals surface area contributed by atoms with Crippen LogP contribution in [0.1, 0.15) is 44.6 Å². The third-order valence-corrected chi connectivity index (χ3v) is 4.98. The second-order valence-electron chi connectivity index (χ2n) is 6.31. The Morgan fingerprint density at radius 1 is 1.25 bits per heavy atom. The van der Waals surface area contributed by atoms with Gasteiger partial charge in [0.25, 0.3) is 0 Å². The topological polar surface area (TPSA) is 29.1 Å². The van der Waals surface area contributed by atoms with Crippen molar-refractivity contribution in [2.45, 2.75) is 39.0 Å². The van der Waals surface area contributed by atoms with Crippen LogP contribution >= 0.6 is 0 Å². The summed E-state index contributed by atoms with van der Waals surface area (Å²) < 4.78 is 0. The van der Waals surface area contributed by atoms with Crippen molar-refractivity contribution >= 4 is 11.6 Å². The highest BCUT2D eigenvalue weighted by atomic mass is 16.1. The summed E-state index contributed by atoms with van der Waals surface area (Å²) in [6.07, 6.45) is 7.84. The highest BCUT2D eigenvalue weighted by Crippen LogP contribution is 2.43. The Balaban J connectivity index is 1.63. The number of allylic oxidation sites excluding steroid dienone is 2. The van der Waals surface area contributed by atoms with E-state index in [-0.39, 0.29) is 11.8 Å². The zero-order valence-electron chi connectivity index (χ0n) is 12.3. The molecule has 2 aliphatic rings. The number of hydrogen-bond acceptors (Lipinski definition) is 1. The van der Waals surface area contributed by atoms with Crippen LogP contribution in [-0.2, 0) is 4.79 Å². The van der Waals surface area contributed by atoms with E-state index in [1.165, 1.54) is 12.0 Å². The summed E-state index contributed by atoms with van der Waals surface area (Å²) in [7, 11) is 0. The third-order valence-electron chi connectivity index (χ3n) is 4.98. The number of anilines is 1. The Bertz CT molecular complexity index is 517. The van der Waals surface area contributed by atoms with Crippen molar-refractivity contribution in [3.05, 3.63) is 42.0 Å². The second kappa shape index (κ2) is 5.43. The standard InChI is InChI=1S/C18H23NO/c1-3-12(2)14-6-8-16(9-7-14)19-18(20)17-11-13-4-5-15(17)10-13/h4-9,12-13,15,17H,3,10-11H2,1-2H3,(H,19,20)/t12-,13-,15-,17-/m0/s1. The summed E-state index contributed by atoms with van der Waals surface area (Å²) in [4.78, 5) is 12.3. The SMILES string of the molecule is CC[C@H](C)c1ccc(NC(=O)[C@H]2C[C@H]3C=C[C@H]2C3)cc1. The van der Waals surface area contributed by atoms with Crippen LogP contribution in [0.4, 0.5) is 5.69 Å². The van der Waals surface area contributed by atoms with Crippen LogP contribution in [0.15, 0.2) is 36.4 Å². The third kappa shape index (κ3) is 2.52. The average molecular weight is 269 g/mol. The van der Waals surface area contributed by atoms with Gasteiger partial charge in [0.1, 0.15) is 0 Å². The summed E-state index contributed by atoms with van der Waals surface area (Å²) in [6.45, 7) is 4.43. The molecule has 1 fully saturated rings. The molecule has 1 N–H and O–H groups in total. The second-order valence-corrected chi connectivity index (χ2v) is 6.31. The minimum atomic E-state index is 0.180. The van der Waals surface area contributed by atoms with E-state index in [1.807, 2.05) is 12.1 Å². The number of rotatable bonds is 4. The summed E-state index contributed by atoms with van der Waals surface area (Å²) in [6, 6.07) is 8.32. The Morgan fingerprint density at radius 2 is 2.00 bits per heavy atom. The van der Waals surface area contributed by atoms with Gasteiger partial charge in [0.05, 0.1) is 0 Å². The molecule has 0 radical (unpaired) electrons. The molecule has 3 rings (SSSR count). The zero-order valence-corrected chi connectivity index (χ0v) is 12.3. The summed E-state index contributed by atoms with van der Waals surface area (Å²) in [5, 5.41) is 3.08. The molecular weight excluding hydrogens is 246 g/mol. The smallest absolute Gasteiger partial charge is 0.228 e. The van der Waals surface area contributed by atoms with Gasteiger partial charge in [0.2, 0.25) is 5.91 Å². The normalized spacial score (nSPS) is 28.6. The van der Waals surface area contributed by atoms with Crippen LogP contribution < -0.4 is 5.32 Å². The number of amides is 1. The molecule has 1 aromatic carbocycles. The molecule has 2 heteroatoms. The molecule has 0 spiro atoms. The number of carbonyl (C=O) groups excluding carboxylic acids is 1.